The van der Waals surface area contributed by atoms with Gasteiger partial charge in [0.15, 0.2) is 0 Å². The van der Waals surface area contributed by atoms with Crippen molar-refractivity contribution in [1.29, 1.82) is 0 Å². The molecule has 0 atom stereocenters. The van der Waals surface area contributed by atoms with Gasteiger partial charge in [0.2, 0.25) is 0 Å². The summed E-state index contributed by atoms with van der Waals surface area (Å²) in [6.07, 6.45) is 0. The number of amides is 1. The largest absolute Gasteiger partial charge is 0.341 e. The number of hydrogen-bond donors (Lipinski definition) is 1. The minimum absolute atomic E-state index is 0.0902. The van der Waals surface area contributed by atoms with Crippen LogP contribution in [0.15, 0.2) is 78.9 Å². The number of carbonyl (C=O) groups excluding carboxylic acids is 1. The number of rotatable bonds is 4. The number of halogens is 2. The van der Waals surface area contributed by atoms with E-state index in [1.807, 2.05) is 60.7 Å². The summed E-state index contributed by atoms with van der Waals surface area (Å²) in [7, 11) is 0. The first-order chi connectivity index (χ1) is 11.6. The van der Waals surface area contributed by atoms with E-state index in [2.05, 4.69) is 5.32 Å². The normalized spacial score (nSPS) is 10.6. The molecule has 1 amide bonds. The first-order valence-electron chi connectivity index (χ1n) is 7.51. The summed E-state index contributed by atoms with van der Waals surface area (Å²) in [6.45, 7) is 0. The second-order valence-electron chi connectivity index (χ2n) is 5.35. The fourth-order valence-electron chi connectivity index (χ4n) is 2.53. The van der Waals surface area contributed by atoms with Crippen LogP contribution in [-0.4, -0.2) is 5.91 Å². The van der Waals surface area contributed by atoms with E-state index in [0.717, 1.165) is 17.2 Å². The maximum absolute atomic E-state index is 13.2. The van der Waals surface area contributed by atoms with Crippen molar-refractivity contribution in [1.82, 2.24) is 5.32 Å². The Kier molecular flexibility index (Phi) is 4.92. The fourth-order valence-corrected chi connectivity index (χ4v) is 2.79. The monoisotopic (exact) mass is 339 g/mol. The van der Waals surface area contributed by atoms with Crippen molar-refractivity contribution in [3.63, 3.8) is 0 Å². The van der Waals surface area contributed by atoms with Crippen molar-refractivity contribution in [2.24, 2.45) is 0 Å². The van der Waals surface area contributed by atoms with E-state index in [-0.39, 0.29) is 22.5 Å². The minimum Gasteiger partial charge on any atom is -0.341 e. The zero-order valence-electron chi connectivity index (χ0n) is 12.7. The SMILES string of the molecule is O=C(NC(c1ccccc1)c1ccccc1)c1ccc(F)cc1Cl. The van der Waals surface area contributed by atoms with Crippen LogP contribution in [0.4, 0.5) is 4.39 Å². The van der Waals surface area contributed by atoms with Crippen LogP contribution < -0.4 is 5.32 Å². The molecule has 0 saturated carbocycles. The molecule has 0 heterocycles. The first kappa shape index (κ1) is 16.2. The molecule has 0 aliphatic heterocycles. The van der Waals surface area contributed by atoms with Crippen LogP contribution in [-0.2, 0) is 0 Å². The summed E-state index contributed by atoms with van der Waals surface area (Å²) < 4.78 is 13.2. The van der Waals surface area contributed by atoms with Crippen LogP contribution in [0.25, 0.3) is 0 Å². The van der Waals surface area contributed by atoms with Gasteiger partial charge in [-0.1, -0.05) is 72.3 Å². The van der Waals surface area contributed by atoms with E-state index in [0.29, 0.717) is 0 Å². The van der Waals surface area contributed by atoms with Gasteiger partial charge >= 0.3 is 0 Å². The Morgan fingerprint density at radius 1 is 0.875 bits per heavy atom. The van der Waals surface area contributed by atoms with Gasteiger partial charge in [-0.05, 0) is 29.3 Å². The van der Waals surface area contributed by atoms with Crippen LogP contribution in [0.5, 0.6) is 0 Å². The third-order valence-electron chi connectivity index (χ3n) is 3.72. The standard InChI is InChI=1S/C20H15ClFNO/c21-18-13-16(22)11-12-17(18)20(24)23-19(14-7-3-1-4-8-14)15-9-5-2-6-10-15/h1-13,19H,(H,23,24). The highest BCUT2D eigenvalue weighted by Crippen LogP contribution is 2.24. The Bertz CT molecular complexity index is 797. The van der Waals surface area contributed by atoms with E-state index in [4.69, 9.17) is 11.6 Å². The molecular formula is C20H15ClFNO. The molecule has 2 nitrogen and oxygen atoms in total. The summed E-state index contributed by atoms with van der Waals surface area (Å²) in [5.41, 5.74) is 2.15. The van der Waals surface area contributed by atoms with Gasteiger partial charge in [0.25, 0.3) is 5.91 Å². The Morgan fingerprint density at radius 3 is 1.92 bits per heavy atom. The molecular weight excluding hydrogens is 325 g/mol. The van der Waals surface area contributed by atoms with E-state index in [1.54, 1.807) is 0 Å². The third-order valence-corrected chi connectivity index (χ3v) is 4.03. The molecule has 0 saturated heterocycles. The number of hydrogen-bond acceptors (Lipinski definition) is 1. The Morgan fingerprint density at radius 2 is 1.42 bits per heavy atom. The van der Waals surface area contributed by atoms with Gasteiger partial charge in [0, 0.05) is 0 Å². The summed E-state index contributed by atoms with van der Waals surface area (Å²) in [4.78, 5) is 12.6. The number of benzene rings is 3. The number of nitrogens with one attached hydrogen (secondary N) is 1. The molecule has 1 N–H and O–H groups in total. The molecule has 3 aromatic carbocycles. The topological polar surface area (TPSA) is 29.1 Å². The van der Waals surface area contributed by atoms with Crippen LogP contribution >= 0.6 is 11.6 Å². The Balaban J connectivity index is 1.94. The lowest BCUT2D eigenvalue weighted by Crippen LogP contribution is -2.29. The van der Waals surface area contributed by atoms with Gasteiger partial charge in [-0.15, -0.1) is 0 Å². The molecule has 120 valence electrons. The van der Waals surface area contributed by atoms with Crippen molar-refractivity contribution in [2.45, 2.75) is 6.04 Å². The van der Waals surface area contributed by atoms with Gasteiger partial charge < -0.3 is 5.32 Å². The molecule has 0 spiro atoms. The average Bonchev–Trinajstić information content (AvgIpc) is 2.61. The van der Waals surface area contributed by atoms with Gasteiger partial charge in [0.1, 0.15) is 5.82 Å². The average molecular weight is 340 g/mol. The van der Waals surface area contributed by atoms with Gasteiger partial charge in [-0.2, -0.15) is 0 Å². The van der Waals surface area contributed by atoms with E-state index in [9.17, 15) is 9.18 Å². The van der Waals surface area contributed by atoms with Crippen LogP contribution in [0.2, 0.25) is 5.02 Å². The molecule has 0 bridgehead atoms. The first-order valence-corrected chi connectivity index (χ1v) is 7.89. The predicted octanol–water partition coefficient (Wildman–Crippen LogP) is 5.00. The van der Waals surface area contributed by atoms with E-state index < -0.39 is 5.82 Å². The maximum Gasteiger partial charge on any atom is 0.253 e. The Labute approximate surface area is 144 Å². The summed E-state index contributed by atoms with van der Waals surface area (Å²) >= 11 is 6.00. The fraction of sp³-hybridized carbons (Fsp3) is 0.0500. The van der Waals surface area contributed by atoms with Crippen molar-refractivity contribution < 1.29 is 9.18 Å². The summed E-state index contributed by atoms with van der Waals surface area (Å²) in [5, 5.41) is 3.07. The molecule has 0 aliphatic rings. The van der Waals surface area contributed by atoms with E-state index in [1.165, 1.54) is 12.1 Å². The zero-order valence-corrected chi connectivity index (χ0v) is 13.5. The quantitative estimate of drug-likeness (QED) is 0.712. The lowest BCUT2D eigenvalue weighted by Gasteiger charge is -2.20. The van der Waals surface area contributed by atoms with Crippen LogP contribution in [0.1, 0.15) is 27.5 Å². The molecule has 0 unspecified atom stereocenters. The smallest absolute Gasteiger partial charge is 0.253 e. The van der Waals surface area contributed by atoms with Crippen molar-refractivity contribution >= 4 is 17.5 Å². The predicted molar refractivity (Wildman–Crippen MR) is 93.6 cm³/mol. The van der Waals surface area contributed by atoms with Gasteiger partial charge in [-0.3, -0.25) is 4.79 Å². The minimum atomic E-state index is -0.473. The maximum atomic E-state index is 13.2. The Hall–Kier alpha value is -2.65. The molecule has 0 fully saturated rings. The second kappa shape index (κ2) is 7.28. The van der Waals surface area contributed by atoms with Crippen LogP contribution in [0.3, 0.4) is 0 Å². The van der Waals surface area contributed by atoms with Crippen molar-refractivity contribution in [3.8, 4) is 0 Å². The van der Waals surface area contributed by atoms with Gasteiger partial charge in [-0.25, -0.2) is 4.39 Å². The molecule has 0 aliphatic carbocycles. The highest BCUT2D eigenvalue weighted by Gasteiger charge is 2.19. The lowest BCUT2D eigenvalue weighted by molar-refractivity contribution is 0.0943. The van der Waals surface area contributed by atoms with Gasteiger partial charge in [0.05, 0.1) is 16.6 Å². The highest BCUT2D eigenvalue weighted by molar-refractivity contribution is 6.33. The summed E-state index contributed by atoms with van der Waals surface area (Å²) in [6, 6.07) is 22.7. The van der Waals surface area contributed by atoms with E-state index >= 15 is 0 Å². The molecule has 3 aromatic rings. The van der Waals surface area contributed by atoms with Crippen molar-refractivity contribution in [2.75, 3.05) is 0 Å². The molecule has 4 heteroatoms. The number of carbonyl (C=O) groups is 1. The highest BCUT2D eigenvalue weighted by atomic mass is 35.5. The summed E-state index contributed by atoms with van der Waals surface area (Å²) in [5.74, 6) is -0.822. The van der Waals surface area contributed by atoms with Crippen LogP contribution in [0, 0.1) is 5.82 Å². The molecule has 0 aromatic heterocycles. The van der Waals surface area contributed by atoms with Crippen molar-refractivity contribution in [3.05, 3.63) is 106 Å². The second-order valence-corrected chi connectivity index (χ2v) is 5.76. The lowest BCUT2D eigenvalue weighted by atomic mass is 9.98. The molecule has 3 rings (SSSR count). The molecule has 0 radical (unpaired) electrons. The third kappa shape index (κ3) is 3.63. The zero-order chi connectivity index (χ0) is 16.9. The molecule has 24 heavy (non-hydrogen) atoms.